The number of imidazole rings is 1. The van der Waals surface area contributed by atoms with E-state index in [1.165, 1.54) is 23.8 Å². The summed E-state index contributed by atoms with van der Waals surface area (Å²) in [7, 11) is 1.34. The topological polar surface area (TPSA) is 85.2 Å². The number of nitrogens with zero attached hydrogens (tertiary/aromatic N) is 2. The predicted octanol–water partition coefficient (Wildman–Crippen LogP) is 6.90. The van der Waals surface area contributed by atoms with E-state index in [4.69, 9.17) is 4.74 Å². The summed E-state index contributed by atoms with van der Waals surface area (Å²) in [6.45, 7) is 1.26. The Bertz CT molecular complexity index is 1670. The van der Waals surface area contributed by atoms with Crippen LogP contribution in [0.5, 0.6) is 0 Å². The van der Waals surface area contributed by atoms with Crippen molar-refractivity contribution >= 4 is 29.3 Å². The molecule has 0 radical (unpaired) electrons. The number of esters is 1. The van der Waals surface area contributed by atoms with E-state index in [1.807, 2.05) is 79.4 Å². The highest BCUT2D eigenvalue weighted by Gasteiger charge is 2.23. The first kappa shape index (κ1) is 30.6. The van der Waals surface area contributed by atoms with Gasteiger partial charge >= 0.3 is 5.97 Å². The van der Waals surface area contributed by atoms with Crippen molar-refractivity contribution < 1.29 is 14.3 Å². The third-order valence-electron chi connectivity index (χ3n) is 7.44. The van der Waals surface area contributed by atoms with Crippen molar-refractivity contribution in [2.45, 2.75) is 25.6 Å². The van der Waals surface area contributed by atoms with E-state index in [-0.39, 0.29) is 5.91 Å². The zero-order chi connectivity index (χ0) is 30.7. The molecule has 44 heavy (non-hydrogen) atoms. The van der Waals surface area contributed by atoms with Gasteiger partial charge in [-0.1, -0.05) is 84.9 Å². The maximum atomic E-state index is 13.5. The molecule has 2 N–H and O–H groups in total. The number of ether oxygens (including phenoxy) is 1. The van der Waals surface area contributed by atoms with E-state index in [0.717, 1.165) is 28.3 Å². The van der Waals surface area contributed by atoms with Crippen LogP contribution in [0.2, 0.25) is 0 Å². The first-order chi connectivity index (χ1) is 21.6. The Hall–Kier alpha value is -4.82. The summed E-state index contributed by atoms with van der Waals surface area (Å²) in [4.78, 5) is 30.2. The molecule has 8 heteroatoms. The molecule has 0 fully saturated rings. The van der Waals surface area contributed by atoms with E-state index in [0.29, 0.717) is 25.1 Å². The molecule has 0 saturated carbocycles. The number of methoxy groups -OCH3 is 1. The van der Waals surface area contributed by atoms with Gasteiger partial charge in [0.1, 0.15) is 6.04 Å². The molecule has 0 spiro atoms. The minimum atomic E-state index is -0.712. The molecule has 0 aliphatic heterocycles. The SMILES string of the molecule is COC(=O)[C@H](CCSC)NC(=O)c1ccc(NCc2cncn2Cc2ccc(-c3ccccc3)cc2)cc1-c1ccccc1. The zero-order valence-corrected chi connectivity index (χ0v) is 25.7. The zero-order valence-electron chi connectivity index (χ0n) is 24.9. The maximum Gasteiger partial charge on any atom is 0.328 e. The van der Waals surface area contributed by atoms with Crippen molar-refractivity contribution in [2.24, 2.45) is 0 Å². The van der Waals surface area contributed by atoms with E-state index in [2.05, 4.69) is 56.6 Å². The third kappa shape index (κ3) is 7.76. The largest absolute Gasteiger partial charge is 0.467 e. The summed E-state index contributed by atoms with van der Waals surface area (Å²) in [6, 6.07) is 33.7. The molecule has 0 saturated heterocycles. The van der Waals surface area contributed by atoms with Gasteiger partial charge in [0.05, 0.1) is 25.7 Å². The first-order valence-corrected chi connectivity index (χ1v) is 15.9. The van der Waals surface area contributed by atoms with E-state index < -0.39 is 12.0 Å². The Labute approximate surface area is 262 Å². The number of benzene rings is 4. The molecule has 1 aromatic heterocycles. The average Bonchev–Trinajstić information content (AvgIpc) is 3.52. The molecule has 7 nitrogen and oxygen atoms in total. The highest BCUT2D eigenvalue weighted by atomic mass is 32.2. The molecule has 4 aromatic carbocycles. The van der Waals surface area contributed by atoms with Crippen LogP contribution in [0.4, 0.5) is 5.69 Å². The number of carbonyl (C=O) groups excluding carboxylic acids is 2. The lowest BCUT2D eigenvalue weighted by Gasteiger charge is -2.18. The molecule has 5 aromatic rings. The number of nitrogens with one attached hydrogen (secondary N) is 2. The van der Waals surface area contributed by atoms with E-state index in [1.54, 1.807) is 17.8 Å². The Balaban J connectivity index is 1.31. The van der Waals surface area contributed by atoms with Gasteiger partial charge in [-0.15, -0.1) is 0 Å². The number of anilines is 1. The van der Waals surface area contributed by atoms with Crippen LogP contribution in [0.1, 0.15) is 28.0 Å². The number of hydrogen-bond donors (Lipinski definition) is 2. The quantitative estimate of drug-likeness (QED) is 0.142. The Morgan fingerprint density at radius 2 is 1.57 bits per heavy atom. The Morgan fingerprint density at radius 1 is 0.886 bits per heavy atom. The number of aromatic nitrogens is 2. The van der Waals surface area contributed by atoms with Crippen molar-refractivity contribution in [1.29, 1.82) is 0 Å². The fraction of sp³-hybridized carbons (Fsp3) is 0.194. The van der Waals surface area contributed by atoms with Gasteiger partial charge in [0.2, 0.25) is 0 Å². The van der Waals surface area contributed by atoms with Gasteiger partial charge in [0.25, 0.3) is 5.91 Å². The van der Waals surface area contributed by atoms with Crippen LogP contribution < -0.4 is 10.6 Å². The van der Waals surface area contributed by atoms with Crippen LogP contribution in [0.25, 0.3) is 22.3 Å². The molecule has 1 amide bonds. The number of rotatable bonds is 13. The number of amides is 1. The molecular formula is C36H36N4O3S. The van der Waals surface area contributed by atoms with Gasteiger partial charge in [-0.05, 0) is 64.4 Å². The Kier molecular flexibility index (Phi) is 10.5. The fourth-order valence-electron chi connectivity index (χ4n) is 5.03. The predicted molar refractivity (Wildman–Crippen MR) is 179 cm³/mol. The van der Waals surface area contributed by atoms with Crippen LogP contribution in [-0.2, 0) is 22.6 Å². The van der Waals surface area contributed by atoms with Crippen molar-refractivity contribution in [2.75, 3.05) is 24.4 Å². The summed E-state index contributed by atoms with van der Waals surface area (Å²) in [5.41, 5.74) is 7.65. The van der Waals surface area contributed by atoms with Crippen molar-refractivity contribution in [3.05, 3.63) is 132 Å². The van der Waals surface area contributed by atoms with E-state index in [9.17, 15) is 9.59 Å². The molecule has 0 bridgehead atoms. The number of thioether (sulfide) groups is 1. The standard InChI is InChI=1S/C36H36N4O3S/c1-43-36(42)34(19-20-44-2)39-35(41)32-18-17-30(21-33(32)29-11-7-4-8-12-29)38-23-31-22-37-25-40(31)24-26-13-15-28(16-14-26)27-9-5-3-6-10-27/h3-18,21-22,25,34,38H,19-20,23-24H2,1-2H3,(H,39,41)/t34-/m0/s1. The summed E-state index contributed by atoms with van der Waals surface area (Å²) in [6.07, 6.45) is 6.17. The van der Waals surface area contributed by atoms with Gasteiger partial charge in [0, 0.05) is 24.0 Å². The van der Waals surface area contributed by atoms with Crippen LogP contribution in [0.3, 0.4) is 0 Å². The lowest BCUT2D eigenvalue weighted by Crippen LogP contribution is -2.42. The molecule has 0 unspecified atom stereocenters. The molecule has 1 atom stereocenters. The molecule has 1 heterocycles. The minimum absolute atomic E-state index is 0.316. The van der Waals surface area contributed by atoms with Crippen molar-refractivity contribution in [1.82, 2.24) is 14.9 Å². The molecular weight excluding hydrogens is 568 g/mol. The van der Waals surface area contributed by atoms with E-state index >= 15 is 0 Å². The van der Waals surface area contributed by atoms with Crippen LogP contribution >= 0.6 is 11.8 Å². The summed E-state index contributed by atoms with van der Waals surface area (Å²) >= 11 is 1.61. The average molecular weight is 605 g/mol. The van der Waals surface area contributed by atoms with Crippen molar-refractivity contribution in [3.8, 4) is 22.3 Å². The van der Waals surface area contributed by atoms with Crippen LogP contribution in [0, 0.1) is 0 Å². The van der Waals surface area contributed by atoms with Gasteiger partial charge in [-0.3, -0.25) is 4.79 Å². The van der Waals surface area contributed by atoms with Gasteiger partial charge in [-0.2, -0.15) is 11.8 Å². The molecule has 0 aliphatic carbocycles. The number of carbonyl (C=O) groups is 2. The molecule has 5 rings (SSSR count). The monoisotopic (exact) mass is 604 g/mol. The second kappa shape index (κ2) is 15.1. The smallest absolute Gasteiger partial charge is 0.328 e. The van der Waals surface area contributed by atoms with Gasteiger partial charge < -0.3 is 19.9 Å². The van der Waals surface area contributed by atoms with Crippen molar-refractivity contribution in [3.63, 3.8) is 0 Å². The fourth-order valence-corrected chi connectivity index (χ4v) is 5.50. The normalized spacial score (nSPS) is 11.5. The Morgan fingerprint density at radius 3 is 2.25 bits per heavy atom. The first-order valence-electron chi connectivity index (χ1n) is 14.5. The van der Waals surface area contributed by atoms with Crippen LogP contribution in [0.15, 0.2) is 116 Å². The minimum Gasteiger partial charge on any atom is -0.467 e. The third-order valence-corrected chi connectivity index (χ3v) is 8.08. The summed E-state index contributed by atoms with van der Waals surface area (Å²) in [5, 5.41) is 6.39. The highest BCUT2D eigenvalue weighted by molar-refractivity contribution is 7.98. The van der Waals surface area contributed by atoms with Gasteiger partial charge in [-0.25, -0.2) is 9.78 Å². The molecule has 224 valence electrons. The second-order valence-corrected chi connectivity index (χ2v) is 11.4. The molecule has 0 aliphatic rings. The summed E-state index contributed by atoms with van der Waals surface area (Å²) < 4.78 is 7.07. The highest BCUT2D eigenvalue weighted by Crippen LogP contribution is 2.28. The maximum absolute atomic E-state index is 13.5. The second-order valence-electron chi connectivity index (χ2n) is 10.4. The lowest BCUT2D eigenvalue weighted by molar-refractivity contribution is -0.142. The summed E-state index contributed by atoms with van der Waals surface area (Å²) in [5.74, 6) is -0.0386. The number of hydrogen-bond acceptors (Lipinski definition) is 6. The van der Waals surface area contributed by atoms with Gasteiger partial charge in [0.15, 0.2) is 0 Å². The lowest BCUT2D eigenvalue weighted by atomic mass is 9.98. The van der Waals surface area contributed by atoms with Crippen LogP contribution in [-0.4, -0.2) is 46.6 Å².